The molecule has 0 radical (unpaired) electrons. The zero-order valence-electron chi connectivity index (χ0n) is 13.1. The smallest absolute Gasteiger partial charge is 0.137 e. The van der Waals surface area contributed by atoms with Gasteiger partial charge in [0.15, 0.2) is 0 Å². The van der Waals surface area contributed by atoms with Gasteiger partial charge >= 0.3 is 0 Å². The van der Waals surface area contributed by atoms with Crippen LogP contribution in [0.4, 0.5) is 5.82 Å². The topological polar surface area (TPSA) is 32.3 Å². The lowest BCUT2D eigenvalue weighted by atomic mass is 9.96. The lowest BCUT2D eigenvalue weighted by molar-refractivity contribution is 0.249. The molecule has 21 heavy (non-hydrogen) atoms. The van der Waals surface area contributed by atoms with Crippen molar-refractivity contribution in [2.75, 3.05) is 37.6 Å². The first-order valence-corrected chi connectivity index (χ1v) is 8.49. The molecule has 2 aliphatic heterocycles. The van der Waals surface area contributed by atoms with Crippen molar-refractivity contribution >= 4 is 17.4 Å². The zero-order chi connectivity index (χ0) is 14.8. The normalized spacial score (nSPS) is 21.2. The standard InChI is InChI=1S/C16H25ClN4/c1-12-15(17)18-13(2)19-16(12)21-9-5-14(6-10-21)11-20-7-3-4-8-20/h14H,3-11H2,1-2H3. The summed E-state index contributed by atoms with van der Waals surface area (Å²) < 4.78 is 0. The molecule has 3 rings (SSSR count). The summed E-state index contributed by atoms with van der Waals surface area (Å²) in [7, 11) is 0. The van der Waals surface area contributed by atoms with Crippen molar-refractivity contribution in [3.05, 3.63) is 16.5 Å². The van der Waals surface area contributed by atoms with Gasteiger partial charge in [0, 0.05) is 25.2 Å². The minimum absolute atomic E-state index is 0.594. The van der Waals surface area contributed by atoms with E-state index in [0.717, 1.165) is 36.2 Å². The Hall–Kier alpha value is -0.870. The van der Waals surface area contributed by atoms with Crippen LogP contribution < -0.4 is 4.90 Å². The summed E-state index contributed by atoms with van der Waals surface area (Å²) in [6.07, 6.45) is 5.29. The summed E-state index contributed by atoms with van der Waals surface area (Å²) in [5.74, 6) is 2.64. The van der Waals surface area contributed by atoms with Crippen LogP contribution in [0.2, 0.25) is 5.15 Å². The highest BCUT2D eigenvalue weighted by atomic mass is 35.5. The van der Waals surface area contributed by atoms with Crippen molar-refractivity contribution in [1.82, 2.24) is 14.9 Å². The second kappa shape index (κ2) is 6.49. The van der Waals surface area contributed by atoms with E-state index >= 15 is 0 Å². The van der Waals surface area contributed by atoms with Crippen LogP contribution in [0, 0.1) is 19.8 Å². The molecule has 5 heteroatoms. The Morgan fingerprint density at radius 2 is 1.71 bits per heavy atom. The number of halogens is 1. The molecule has 2 fully saturated rings. The molecule has 0 saturated carbocycles. The van der Waals surface area contributed by atoms with Crippen molar-refractivity contribution in [3.63, 3.8) is 0 Å². The molecule has 0 unspecified atom stereocenters. The molecule has 0 aliphatic carbocycles. The number of piperidine rings is 1. The van der Waals surface area contributed by atoms with E-state index in [4.69, 9.17) is 11.6 Å². The molecule has 0 spiro atoms. The monoisotopic (exact) mass is 308 g/mol. The summed E-state index contributed by atoms with van der Waals surface area (Å²) >= 11 is 6.20. The van der Waals surface area contributed by atoms with Crippen LogP contribution in [0.25, 0.3) is 0 Å². The van der Waals surface area contributed by atoms with Crippen LogP contribution in [0.3, 0.4) is 0 Å². The van der Waals surface area contributed by atoms with Crippen LogP contribution >= 0.6 is 11.6 Å². The average molecular weight is 309 g/mol. The third-order valence-corrected chi connectivity index (χ3v) is 5.17. The van der Waals surface area contributed by atoms with Gasteiger partial charge in [-0.15, -0.1) is 0 Å². The van der Waals surface area contributed by atoms with Gasteiger partial charge in [0.2, 0.25) is 0 Å². The fourth-order valence-electron chi connectivity index (χ4n) is 3.55. The van der Waals surface area contributed by atoms with E-state index < -0.39 is 0 Å². The second-order valence-corrected chi connectivity index (χ2v) is 6.81. The molecule has 1 aromatic heterocycles. The highest BCUT2D eigenvalue weighted by Gasteiger charge is 2.24. The molecule has 2 aliphatic rings. The highest BCUT2D eigenvalue weighted by Crippen LogP contribution is 2.28. The van der Waals surface area contributed by atoms with Crippen molar-refractivity contribution in [2.24, 2.45) is 5.92 Å². The molecule has 116 valence electrons. The predicted octanol–water partition coefficient (Wildman–Crippen LogP) is 3.06. The molecule has 0 amide bonds. The molecule has 0 bridgehead atoms. The SMILES string of the molecule is Cc1nc(Cl)c(C)c(N2CCC(CN3CCCC3)CC2)n1. The molecule has 2 saturated heterocycles. The van der Waals surface area contributed by atoms with Crippen molar-refractivity contribution in [2.45, 2.75) is 39.5 Å². The maximum Gasteiger partial charge on any atom is 0.137 e. The van der Waals surface area contributed by atoms with E-state index in [9.17, 15) is 0 Å². The minimum atomic E-state index is 0.594. The number of aryl methyl sites for hydroxylation is 1. The van der Waals surface area contributed by atoms with Gasteiger partial charge in [-0.1, -0.05) is 11.6 Å². The van der Waals surface area contributed by atoms with Crippen LogP contribution in [0.1, 0.15) is 37.1 Å². The molecular weight excluding hydrogens is 284 g/mol. The number of nitrogens with zero attached hydrogens (tertiary/aromatic N) is 4. The molecule has 0 N–H and O–H groups in total. The largest absolute Gasteiger partial charge is 0.356 e. The Morgan fingerprint density at radius 1 is 1.05 bits per heavy atom. The minimum Gasteiger partial charge on any atom is -0.356 e. The number of hydrogen-bond donors (Lipinski definition) is 0. The molecule has 3 heterocycles. The van der Waals surface area contributed by atoms with Crippen LogP contribution in [-0.4, -0.2) is 47.6 Å². The quantitative estimate of drug-likeness (QED) is 0.803. The van der Waals surface area contributed by atoms with Gasteiger partial charge in [0.1, 0.15) is 16.8 Å². The summed E-state index contributed by atoms with van der Waals surface area (Å²) in [5.41, 5.74) is 1.01. The van der Waals surface area contributed by atoms with Crippen molar-refractivity contribution in [3.8, 4) is 0 Å². The van der Waals surface area contributed by atoms with Crippen LogP contribution in [-0.2, 0) is 0 Å². The second-order valence-electron chi connectivity index (χ2n) is 6.45. The van der Waals surface area contributed by atoms with Gasteiger partial charge in [-0.25, -0.2) is 9.97 Å². The average Bonchev–Trinajstić information content (AvgIpc) is 2.97. The number of aromatic nitrogens is 2. The van der Waals surface area contributed by atoms with Gasteiger partial charge in [-0.3, -0.25) is 0 Å². The lowest BCUT2D eigenvalue weighted by Gasteiger charge is -2.35. The number of hydrogen-bond acceptors (Lipinski definition) is 4. The summed E-state index contributed by atoms with van der Waals surface area (Å²) in [6, 6.07) is 0. The Labute approximate surface area is 132 Å². The van der Waals surface area contributed by atoms with Crippen LogP contribution in [0.5, 0.6) is 0 Å². The first kappa shape index (κ1) is 15.0. The van der Waals surface area contributed by atoms with E-state index in [1.807, 2.05) is 13.8 Å². The number of likely N-dealkylation sites (tertiary alicyclic amines) is 1. The summed E-state index contributed by atoms with van der Waals surface area (Å²) in [4.78, 5) is 13.9. The highest BCUT2D eigenvalue weighted by molar-refractivity contribution is 6.30. The summed E-state index contributed by atoms with van der Waals surface area (Å²) in [6.45, 7) is 10.0. The van der Waals surface area contributed by atoms with E-state index in [-0.39, 0.29) is 0 Å². The predicted molar refractivity (Wildman–Crippen MR) is 87.1 cm³/mol. The fraction of sp³-hybridized carbons (Fsp3) is 0.750. The van der Waals surface area contributed by atoms with Crippen LogP contribution in [0.15, 0.2) is 0 Å². The van der Waals surface area contributed by atoms with E-state index in [1.165, 1.54) is 45.3 Å². The third-order valence-electron chi connectivity index (χ3n) is 4.80. The molecule has 0 aromatic carbocycles. The van der Waals surface area contributed by atoms with Gasteiger partial charge < -0.3 is 9.80 Å². The van der Waals surface area contributed by atoms with E-state index in [1.54, 1.807) is 0 Å². The first-order chi connectivity index (χ1) is 10.1. The lowest BCUT2D eigenvalue weighted by Crippen LogP contribution is -2.39. The Bertz CT molecular complexity index is 491. The van der Waals surface area contributed by atoms with Crippen molar-refractivity contribution in [1.29, 1.82) is 0 Å². The van der Waals surface area contributed by atoms with E-state index in [0.29, 0.717) is 5.15 Å². The van der Waals surface area contributed by atoms with Gasteiger partial charge in [0.25, 0.3) is 0 Å². The zero-order valence-corrected chi connectivity index (χ0v) is 13.9. The molecular formula is C16H25ClN4. The Balaban J connectivity index is 1.60. The maximum absolute atomic E-state index is 6.20. The van der Waals surface area contributed by atoms with Gasteiger partial charge in [-0.2, -0.15) is 0 Å². The van der Waals surface area contributed by atoms with E-state index in [2.05, 4.69) is 19.8 Å². The Kier molecular flexibility index (Phi) is 4.65. The Morgan fingerprint density at radius 3 is 2.38 bits per heavy atom. The molecule has 4 nitrogen and oxygen atoms in total. The number of anilines is 1. The number of rotatable bonds is 3. The first-order valence-electron chi connectivity index (χ1n) is 8.11. The van der Waals surface area contributed by atoms with Gasteiger partial charge in [-0.05, 0) is 58.5 Å². The van der Waals surface area contributed by atoms with Gasteiger partial charge in [0.05, 0.1) is 0 Å². The summed E-state index contributed by atoms with van der Waals surface area (Å²) in [5, 5.41) is 0.594. The maximum atomic E-state index is 6.20. The fourth-order valence-corrected chi connectivity index (χ4v) is 3.75. The molecule has 1 aromatic rings. The van der Waals surface area contributed by atoms with Crippen molar-refractivity contribution < 1.29 is 0 Å². The third kappa shape index (κ3) is 3.49. The molecule has 0 atom stereocenters.